The molecule has 0 amide bonds. The van der Waals surface area contributed by atoms with Crippen molar-refractivity contribution < 1.29 is 4.74 Å². The fraction of sp³-hybridized carbons (Fsp3) is 0.692. The van der Waals surface area contributed by atoms with E-state index >= 15 is 0 Å². The number of rotatable bonds is 2. The minimum atomic E-state index is 0.266. The fourth-order valence-electron chi connectivity index (χ4n) is 1.92. The van der Waals surface area contributed by atoms with E-state index in [9.17, 15) is 0 Å². The molecular weight excluding hydrogens is 284 g/mol. The van der Waals surface area contributed by atoms with Gasteiger partial charge in [0, 0.05) is 22.3 Å². The quantitative estimate of drug-likeness (QED) is 0.730. The highest BCUT2D eigenvalue weighted by atomic mass is 79.9. The van der Waals surface area contributed by atoms with Crippen LogP contribution in [0.2, 0.25) is 0 Å². The molecule has 1 aliphatic rings. The van der Waals surface area contributed by atoms with Crippen LogP contribution in [0.4, 0.5) is 0 Å². The summed E-state index contributed by atoms with van der Waals surface area (Å²) >= 11 is 5.76. The number of halogens is 1. The molecule has 0 spiro atoms. The minimum Gasteiger partial charge on any atom is -0.381 e. The third-order valence-corrected chi connectivity index (χ3v) is 6.15. The van der Waals surface area contributed by atoms with Crippen LogP contribution in [-0.4, -0.2) is 13.2 Å². The molecule has 1 aromatic heterocycles. The summed E-state index contributed by atoms with van der Waals surface area (Å²) in [5.41, 5.74) is 0.266. The summed E-state index contributed by atoms with van der Waals surface area (Å²) in [7, 11) is 0. The Morgan fingerprint density at radius 1 is 1.44 bits per heavy atom. The SMILES string of the molecule is CC(C)(C)c1ccc(C(Br)C2CCOC2)s1. The molecule has 1 nitrogen and oxygen atoms in total. The van der Waals surface area contributed by atoms with Crippen molar-refractivity contribution in [2.24, 2.45) is 5.92 Å². The molecule has 2 rings (SSSR count). The van der Waals surface area contributed by atoms with Gasteiger partial charge in [0.15, 0.2) is 0 Å². The lowest BCUT2D eigenvalue weighted by Crippen LogP contribution is -2.08. The second-order valence-corrected chi connectivity index (χ2v) is 7.58. The van der Waals surface area contributed by atoms with Crippen molar-refractivity contribution in [2.75, 3.05) is 13.2 Å². The Kier molecular flexibility index (Phi) is 3.77. The zero-order valence-electron chi connectivity index (χ0n) is 10.1. The Hall–Kier alpha value is 0.140. The van der Waals surface area contributed by atoms with Gasteiger partial charge in [0.05, 0.1) is 11.4 Å². The Morgan fingerprint density at radius 3 is 2.69 bits per heavy atom. The zero-order valence-corrected chi connectivity index (χ0v) is 12.5. The lowest BCUT2D eigenvalue weighted by Gasteiger charge is -2.17. The van der Waals surface area contributed by atoms with Crippen molar-refractivity contribution in [3.05, 3.63) is 21.9 Å². The number of ether oxygens (including phenoxy) is 1. The van der Waals surface area contributed by atoms with Crippen LogP contribution in [0.25, 0.3) is 0 Å². The molecule has 0 radical (unpaired) electrons. The average Bonchev–Trinajstić information content (AvgIpc) is 2.87. The number of hydrogen-bond donors (Lipinski definition) is 0. The normalized spacial score (nSPS) is 23.6. The molecule has 90 valence electrons. The van der Waals surface area contributed by atoms with Gasteiger partial charge in [0.1, 0.15) is 0 Å². The van der Waals surface area contributed by atoms with Crippen LogP contribution in [-0.2, 0) is 10.2 Å². The predicted octanol–water partition coefficient (Wildman–Crippen LogP) is 4.52. The highest BCUT2D eigenvalue weighted by Gasteiger charge is 2.27. The molecule has 0 saturated carbocycles. The molecular formula is C13H19BrOS. The molecule has 1 aromatic rings. The van der Waals surface area contributed by atoms with Crippen LogP contribution in [0.1, 0.15) is 41.8 Å². The number of hydrogen-bond acceptors (Lipinski definition) is 2. The first-order valence-electron chi connectivity index (χ1n) is 5.80. The molecule has 2 heterocycles. The van der Waals surface area contributed by atoms with Crippen molar-refractivity contribution in [3.63, 3.8) is 0 Å². The van der Waals surface area contributed by atoms with Crippen LogP contribution < -0.4 is 0 Å². The molecule has 16 heavy (non-hydrogen) atoms. The summed E-state index contributed by atoms with van der Waals surface area (Å²) in [5.74, 6) is 0.645. The number of thiophene rings is 1. The van der Waals surface area contributed by atoms with Crippen molar-refractivity contribution in [1.82, 2.24) is 0 Å². The summed E-state index contributed by atoms with van der Waals surface area (Å²) < 4.78 is 5.45. The van der Waals surface area contributed by atoms with Crippen LogP contribution in [0.5, 0.6) is 0 Å². The topological polar surface area (TPSA) is 9.23 Å². The van der Waals surface area contributed by atoms with Gasteiger partial charge in [-0.05, 0) is 24.0 Å². The Labute approximate surface area is 110 Å². The standard InChI is InChI=1S/C13H19BrOS/c1-13(2,3)11-5-4-10(16-11)12(14)9-6-7-15-8-9/h4-5,9,12H,6-8H2,1-3H3. The van der Waals surface area contributed by atoms with Crippen LogP contribution >= 0.6 is 27.3 Å². The van der Waals surface area contributed by atoms with E-state index in [1.54, 1.807) is 0 Å². The molecule has 0 aromatic carbocycles. The first-order valence-corrected chi connectivity index (χ1v) is 7.54. The highest BCUT2D eigenvalue weighted by molar-refractivity contribution is 9.09. The van der Waals surface area contributed by atoms with E-state index in [-0.39, 0.29) is 5.41 Å². The van der Waals surface area contributed by atoms with E-state index in [0.29, 0.717) is 10.7 Å². The van der Waals surface area contributed by atoms with Crippen LogP contribution in [0.3, 0.4) is 0 Å². The lowest BCUT2D eigenvalue weighted by molar-refractivity contribution is 0.186. The van der Waals surface area contributed by atoms with Gasteiger partial charge in [0.2, 0.25) is 0 Å². The largest absolute Gasteiger partial charge is 0.381 e. The summed E-state index contributed by atoms with van der Waals surface area (Å²) in [6.45, 7) is 8.63. The van der Waals surface area contributed by atoms with E-state index in [2.05, 4.69) is 48.8 Å². The van der Waals surface area contributed by atoms with E-state index in [1.807, 2.05) is 11.3 Å². The van der Waals surface area contributed by atoms with Gasteiger partial charge in [0.25, 0.3) is 0 Å². The van der Waals surface area contributed by atoms with E-state index in [1.165, 1.54) is 16.2 Å². The highest BCUT2D eigenvalue weighted by Crippen LogP contribution is 2.41. The molecule has 1 fully saturated rings. The van der Waals surface area contributed by atoms with Gasteiger partial charge in [-0.1, -0.05) is 36.7 Å². The Morgan fingerprint density at radius 2 is 2.19 bits per heavy atom. The summed E-state index contributed by atoms with van der Waals surface area (Å²) in [6.07, 6.45) is 1.18. The van der Waals surface area contributed by atoms with Gasteiger partial charge in [-0.15, -0.1) is 11.3 Å². The third-order valence-electron chi connectivity index (χ3n) is 3.02. The predicted molar refractivity (Wildman–Crippen MR) is 73.6 cm³/mol. The first kappa shape index (κ1) is 12.6. The average molecular weight is 303 g/mol. The summed E-state index contributed by atoms with van der Waals surface area (Å²) in [6, 6.07) is 4.53. The van der Waals surface area contributed by atoms with E-state index < -0.39 is 0 Å². The minimum absolute atomic E-state index is 0.266. The first-order chi connectivity index (χ1) is 7.48. The Balaban J connectivity index is 2.12. The smallest absolute Gasteiger partial charge is 0.0540 e. The Bertz CT molecular complexity index is 347. The molecule has 1 saturated heterocycles. The maximum Gasteiger partial charge on any atom is 0.0540 e. The van der Waals surface area contributed by atoms with Gasteiger partial charge < -0.3 is 4.74 Å². The van der Waals surface area contributed by atoms with Crippen molar-refractivity contribution in [3.8, 4) is 0 Å². The van der Waals surface area contributed by atoms with E-state index in [4.69, 9.17) is 4.74 Å². The summed E-state index contributed by atoms with van der Waals surface area (Å²) in [4.78, 5) is 3.38. The maximum atomic E-state index is 5.45. The fourth-order valence-corrected chi connectivity index (χ4v) is 3.91. The van der Waals surface area contributed by atoms with Gasteiger partial charge in [-0.3, -0.25) is 0 Å². The van der Waals surface area contributed by atoms with Crippen molar-refractivity contribution in [1.29, 1.82) is 0 Å². The lowest BCUT2D eigenvalue weighted by atomic mass is 9.95. The van der Waals surface area contributed by atoms with Crippen LogP contribution in [0, 0.1) is 5.92 Å². The van der Waals surface area contributed by atoms with Gasteiger partial charge in [-0.25, -0.2) is 0 Å². The number of alkyl halides is 1. The van der Waals surface area contributed by atoms with Crippen molar-refractivity contribution >= 4 is 27.3 Å². The molecule has 0 N–H and O–H groups in total. The second kappa shape index (κ2) is 4.79. The zero-order chi connectivity index (χ0) is 11.8. The van der Waals surface area contributed by atoms with Gasteiger partial charge >= 0.3 is 0 Å². The molecule has 1 aliphatic heterocycles. The molecule has 2 unspecified atom stereocenters. The molecule has 0 bridgehead atoms. The molecule has 2 atom stereocenters. The maximum absolute atomic E-state index is 5.45. The van der Waals surface area contributed by atoms with Crippen molar-refractivity contribution in [2.45, 2.75) is 37.4 Å². The molecule has 0 aliphatic carbocycles. The molecule has 3 heteroatoms. The van der Waals surface area contributed by atoms with Gasteiger partial charge in [-0.2, -0.15) is 0 Å². The van der Waals surface area contributed by atoms with Crippen LogP contribution in [0.15, 0.2) is 12.1 Å². The summed E-state index contributed by atoms with van der Waals surface area (Å²) in [5, 5.41) is 0. The monoisotopic (exact) mass is 302 g/mol. The third kappa shape index (κ3) is 2.69. The second-order valence-electron chi connectivity index (χ2n) is 5.48. The van der Waals surface area contributed by atoms with E-state index in [0.717, 1.165) is 13.2 Å².